The van der Waals surface area contributed by atoms with E-state index in [9.17, 15) is 19.5 Å². The van der Waals surface area contributed by atoms with Crippen LogP contribution < -0.4 is 5.32 Å². The summed E-state index contributed by atoms with van der Waals surface area (Å²) < 4.78 is 0. The summed E-state index contributed by atoms with van der Waals surface area (Å²) in [6, 6.07) is 0.298. The number of carbonyl (C=O) groups is 3. The van der Waals surface area contributed by atoms with E-state index < -0.39 is 17.4 Å². The molecule has 2 amide bonds. The van der Waals surface area contributed by atoms with Gasteiger partial charge in [-0.1, -0.05) is 25.7 Å². The molecule has 1 saturated heterocycles. The van der Waals surface area contributed by atoms with Gasteiger partial charge in [-0.2, -0.15) is 0 Å². The van der Waals surface area contributed by atoms with Crippen LogP contribution in [0.2, 0.25) is 0 Å². The van der Waals surface area contributed by atoms with Gasteiger partial charge in [0.1, 0.15) is 0 Å². The number of hydrogen-bond acceptors (Lipinski definition) is 3. The summed E-state index contributed by atoms with van der Waals surface area (Å²) in [4.78, 5) is 38.4. The number of nitrogens with zero attached hydrogens (tertiary/aromatic N) is 1. The molecule has 0 aromatic heterocycles. The third kappa shape index (κ3) is 3.28. The normalized spacial score (nSPS) is 34.5. The van der Waals surface area contributed by atoms with Crippen molar-refractivity contribution in [1.82, 2.24) is 10.2 Å². The Morgan fingerprint density at radius 3 is 2.50 bits per heavy atom. The quantitative estimate of drug-likeness (QED) is 0.821. The standard InChI is InChI=1S/C18H28N2O4/c1-18(9-5-4-8-14(18)17(23)24)19-16(22)12-10-15(21)20(11-12)13-6-2-3-7-13/h12-14H,2-11H2,1H3,(H,19,22)(H,23,24). The summed E-state index contributed by atoms with van der Waals surface area (Å²) in [6.07, 6.45) is 7.76. The first-order valence-electron chi connectivity index (χ1n) is 9.25. The Hall–Kier alpha value is -1.59. The van der Waals surface area contributed by atoms with Crippen LogP contribution in [0.25, 0.3) is 0 Å². The van der Waals surface area contributed by atoms with Gasteiger partial charge in [0.25, 0.3) is 0 Å². The van der Waals surface area contributed by atoms with Gasteiger partial charge in [0.2, 0.25) is 11.8 Å². The number of rotatable bonds is 4. The second-order valence-electron chi connectivity index (χ2n) is 7.93. The first-order valence-corrected chi connectivity index (χ1v) is 9.25. The molecule has 2 saturated carbocycles. The molecule has 1 aliphatic heterocycles. The molecule has 24 heavy (non-hydrogen) atoms. The van der Waals surface area contributed by atoms with Gasteiger partial charge in [-0.05, 0) is 32.6 Å². The molecule has 0 bridgehead atoms. The summed E-state index contributed by atoms with van der Waals surface area (Å²) in [5.74, 6) is -1.80. The molecule has 0 aromatic carbocycles. The molecule has 6 nitrogen and oxygen atoms in total. The highest BCUT2D eigenvalue weighted by atomic mass is 16.4. The summed E-state index contributed by atoms with van der Waals surface area (Å²) in [6.45, 7) is 2.33. The number of amides is 2. The van der Waals surface area contributed by atoms with E-state index in [1.807, 2.05) is 11.8 Å². The Balaban J connectivity index is 1.64. The van der Waals surface area contributed by atoms with E-state index in [-0.39, 0.29) is 24.2 Å². The van der Waals surface area contributed by atoms with Crippen molar-refractivity contribution in [3.05, 3.63) is 0 Å². The third-order valence-electron chi connectivity index (χ3n) is 6.21. The van der Waals surface area contributed by atoms with Crippen LogP contribution in [0.5, 0.6) is 0 Å². The highest BCUT2D eigenvalue weighted by Gasteiger charge is 2.45. The molecule has 0 radical (unpaired) electrons. The van der Waals surface area contributed by atoms with E-state index in [4.69, 9.17) is 0 Å². The Morgan fingerprint density at radius 2 is 1.83 bits per heavy atom. The van der Waals surface area contributed by atoms with Crippen LogP contribution in [-0.2, 0) is 14.4 Å². The zero-order valence-corrected chi connectivity index (χ0v) is 14.4. The molecule has 3 fully saturated rings. The average molecular weight is 336 g/mol. The summed E-state index contributed by atoms with van der Waals surface area (Å²) in [5.41, 5.74) is -0.703. The van der Waals surface area contributed by atoms with Crippen molar-refractivity contribution in [2.45, 2.75) is 76.3 Å². The van der Waals surface area contributed by atoms with Crippen molar-refractivity contribution < 1.29 is 19.5 Å². The van der Waals surface area contributed by atoms with Crippen molar-refractivity contribution in [2.75, 3.05) is 6.54 Å². The minimum absolute atomic E-state index is 0.0747. The smallest absolute Gasteiger partial charge is 0.308 e. The second-order valence-corrected chi connectivity index (χ2v) is 7.93. The van der Waals surface area contributed by atoms with E-state index in [1.165, 1.54) is 0 Å². The maximum absolute atomic E-state index is 12.7. The maximum atomic E-state index is 12.7. The lowest BCUT2D eigenvalue weighted by atomic mass is 9.73. The van der Waals surface area contributed by atoms with Crippen LogP contribution in [0.15, 0.2) is 0 Å². The monoisotopic (exact) mass is 336 g/mol. The summed E-state index contributed by atoms with van der Waals surface area (Å²) >= 11 is 0. The largest absolute Gasteiger partial charge is 0.481 e. The molecular weight excluding hydrogens is 308 g/mol. The molecule has 0 spiro atoms. The number of carboxylic acid groups (broad SMARTS) is 1. The lowest BCUT2D eigenvalue weighted by molar-refractivity contribution is -0.147. The molecule has 3 aliphatic rings. The van der Waals surface area contributed by atoms with Crippen LogP contribution in [0.1, 0.15) is 64.7 Å². The Kier molecular flexibility index (Phi) is 4.83. The van der Waals surface area contributed by atoms with Gasteiger partial charge in [0, 0.05) is 19.0 Å². The van der Waals surface area contributed by atoms with Crippen molar-refractivity contribution in [3.8, 4) is 0 Å². The molecule has 3 atom stereocenters. The van der Waals surface area contributed by atoms with Crippen LogP contribution in [0.3, 0.4) is 0 Å². The third-order valence-corrected chi connectivity index (χ3v) is 6.21. The molecule has 1 heterocycles. The molecule has 2 aliphatic carbocycles. The fraction of sp³-hybridized carbons (Fsp3) is 0.833. The number of likely N-dealkylation sites (tertiary alicyclic amines) is 1. The number of carboxylic acids is 1. The van der Waals surface area contributed by atoms with E-state index in [0.29, 0.717) is 25.4 Å². The van der Waals surface area contributed by atoms with Gasteiger partial charge < -0.3 is 15.3 Å². The topological polar surface area (TPSA) is 86.7 Å². The first kappa shape index (κ1) is 17.2. The van der Waals surface area contributed by atoms with Crippen molar-refractivity contribution in [3.63, 3.8) is 0 Å². The molecule has 3 rings (SSSR count). The zero-order chi connectivity index (χ0) is 17.3. The molecule has 3 unspecified atom stereocenters. The van der Waals surface area contributed by atoms with Crippen LogP contribution >= 0.6 is 0 Å². The van der Waals surface area contributed by atoms with Gasteiger partial charge in [-0.15, -0.1) is 0 Å². The number of aliphatic carboxylic acids is 1. The first-order chi connectivity index (χ1) is 11.4. The second kappa shape index (κ2) is 6.73. The summed E-state index contributed by atoms with van der Waals surface area (Å²) in [5, 5.41) is 12.5. The molecule has 6 heteroatoms. The minimum Gasteiger partial charge on any atom is -0.481 e. The summed E-state index contributed by atoms with van der Waals surface area (Å²) in [7, 11) is 0. The highest BCUT2D eigenvalue weighted by molar-refractivity contribution is 5.90. The van der Waals surface area contributed by atoms with Crippen molar-refractivity contribution in [1.29, 1.82) is 0 Å². The van der Waals surface area contributed by atoms with Gasteiger partial charge in [-0.25, -0.2) is 0 Å². The van der Waals surface area contributed by atoms with E-state index in [2.05, 4.69) is 5.32 Å². The number of nitrogens with one attached hydrogen (secondary N) is 1. The lowest BCUT2D eigenvalue weighted by Crippen LogP contribution is -2.56. The van der Waals surface area contributed by atoms with Gasteiger partial charge in [0.05, 0.1) is 17.4 Å². The lowest BCUT2D eigenvalue weighted by Gasteiger charge is -2.40. The highest BCUT2D eigenvalue weighted by Crippen LogP contribution is 2.35. The SMILES string of the molecule is CC1(NC(=O)C2CC(=O)N(C3CCCC3)C2)CCCCC1C(=O)O. The van der Waals surface area contributed by atoms with Crippen molar-refractivity contribution in [2.24, 2.45) is 11.8 Å². The average Bonchev–Trinajstić information content (AvgIpc) is 3.15. The van der Waals surface area contributed by atoms with Crippen LogP contribution in [0.4, 0.5) is 0 Å². The Morgan fingerprint density at radius 1 is 1.17 bits per heavy atom. The van der Waals surface area contributed by atoms with E-state index >= 15 is 0 Å². The van der Waals surface area contributed by atoms with Gasteiger partial charge in [-0.3, -0.25) is 14.4 Å². The van der Waals surface area contributed by atoms with E-state index in [1.54, 1.807) is 0 Å². The Bertz CT molecular complexity index is 529. The molecule has 0 aromatic rings. The predicted molar refractivity (Wildman–Crippen MR) is 88.2 cm³/mol. The minimum atomic E-state index is -0.840. The maximum Gasteiger partial charge on any atom is 0.308 e. The fourth-order valence-corrected chi connectivity index (χ4v) is 4.74. The van der Waals surface area contributed by atoms with E-state index in [0.717, 1.165) is 38.5 Å². The van der Waals surface area contributed by atoms with Crippen LogP contribution in [-0.4, -0.2) is 45.9 Å². The fourth-order valence-electron chi connectivity index (χ4n) is 4.74. The molecule has 134 valence electrons. The Labute approximate surface area is 143 Å². The predicted octanol–water partition coefficient (Wildman–Crippen LogP) is 1.93. The van der Waals surface area contributed by atoms with Gasteiger partial charge in [0.15, 0.2) is 0 Å². The molecule has 2 N–H and O–H groups in total. The van der Waals surface area contributed by atoms with Gasteiger partial charge >= 0.3 is 5.97 Å². The van der Waals surface area contributed by atoms with Crippen LogP contribution in [0, 0.1) is 11.8 Å². The number of hydrogen-bond donors (Lipinski definition) is 2. The molecular formula is C18H28N2O4. The zero-order valence-electron chi connectivity index (χ0n) is 14.4. The number of carbonyl (C=O) groups excluding carboxylic acids is 2. The van der Waals surface area contributed by atoms with Crippen molar-refractivity contribution >= 4 is 17.8 Å².